The van der Waals surface area contributed by atoms with Crippen LogP contribution in [0.3, 0.4) is 0 Å². The van der Waals surface area contributed by atoms with Gasteiger partial charge in [-0.05, 0) is 48.2 Å². The van der Waals surface area contributed by atoms with Gasteiger partial charge in [0.2, 0.25) is 0 Å². The van der Waals surface area contributed by atoms with Gasteiger partial charge in [0.25, 0.3) is 5.91 Å². The van der Waals surface area contributed by atoms with Crippen LogP contribution in [0.1, 0.15) is 35.3 Å². The smallest absolute Gasteiger partial charge is 0.251 e. The first-order valence-electron chi connectivity index (χ1n) is 8.80. The molecule has 1 amide bonds. The van der Waals surface area contributed by atoms with Crippen molar-refractivity contribution < 1.29 is 9.90 Å². The molecule has 6 heteroatoms. The maximum Gasteiger partial charge on any atom is 0.251 e. The van der Waals surface area contributed by atoms with E-state index in [4.69, 9.17) is 5.73 Å². The second-order valence-corrected chi connectivity index (χ2v) is 5.85. The van der Waals surface area contributed by atoms with E-state index in [1.807, 2.05) is 0 Å². The Morgan fingerprint density at radius 3 is 2.27 bits per heavy atom. The van der Waals surface area contributed by atoms with Crippen molar-refractivity contribution in [2.75, 3.05) is 18.4 Å². The van der Waals surface area contributed by atoms with E-state index in [1.165, 1.54) is 23.3 Å². The minimum Gasteiger partial charge on any atom is -0.508 e. The van der Waals surface area contributed by atoms with Crippen LogP contribution >= 0.6 is 0 Å². The summed E-state index contributed by atoms with van der Waals surface area (Å²) in [5, 5.41) is 15.2. The Bertz CT molecular complexity index is 748. The number of guanidine groups is 1. The Balaban J connectivity index is 1.89. The first-order valence-corrected chi connectivity index (χ1v) is 8.80. The summed E-state index contributed by atoms with van der Waals surface area (Å²) in [6.07, 6.45) is 1.82. The lowest BCUT2D eigenvalue weighted by Crippen LogP contribution is -2.29. The maximum atomic E-state index is 12.0. The molecule has 0 unspecified atom stereocenters. The number of nitrogens with one attached hydrogen (secondary N) is 2. The third kappa shape index (κ3) is 5.24. The lowest BCUT2D eigenvalue weighted by Gasteiger charge is -2.14. The molecule has 6 nitrogen and oxygen atoms in total. The van der Waals surface area contributed by atoms with E-state index >= 15 is 0 Å². The van der Waals surface area contributed by atoms with Gasteiger partial charge in [-0.1, -0.05) is 32.0 Å². The number of aliphatic imine (C=N–C) groups is 1. The molecule has 26 heavy (non-hydrogen) atoms. The number of carbonyl (C=O) groups is 1. The number of para-hydroxylation sites is 1. The van der Waals surface area contributed by atoms with Crippen molar-refractivity contribution in [3.8, 4) is 5.75 Å². The molecule has 0 aliphatic carbocycles. The fourth-order valence-corrected chi connectivity index (χ4v) is 2.63. The van der Waals surface area contributed by atoms with E-state index in [-0.39, 0.29) is 11.7 Å². The third-order valence-corrected chi connectivity index (χ3v) is 4.06. The van der Waals surface area contributed by atoms with Crippen LogP contribution in [0.2, 0.25) is 0 Å². The van der Waals surface area contributed by atoms with Crippen LogP contribution < -0.4 is 16.4 Å². The minimum absolute atomic E-state index is 0.129. The van der Waals surface area contributed by atoms with Gasteiger partial charge in [0, 0.05) is 17.8 Å². The van der Waals surface area contributed by atoms with E-state index in [0.29, 0.717) is 24.6 Å². The van der Waals surface area contributed by atoms with E-state index in [2.05, 4.69) is 47.7 Å². The predicted octanol–water partition coefficient (Wildman–Crippen LogP) is 2.67. The highest BCUT2D eigenvalue weighted by Crippen LogP contribution is 2.22. The lowest BCUT2D eigenvalue weighted by molar-refractivity contribution is 0.0955. The van der Waals surface area contributed by atoms with Crippen molar-refractivity contribution in [1.82, 2.24) is 5.32 Å². The number of anilines is 1. The van der Waals surface area contributed by atoms with Gasteiger partial charge in [0.1, 0.15) is 5.75 Å². The summed E-state index contributed by atoms with van der Waals surface area (Å²) in [5.41, 5.74) is 9.90. The number of hydrogen-bond acceptors (Lipinski definition) is 3. The molecule has 0 heterocycles. The quantitative estimate of drug-likeness (QED) is 0.349. The number of rotatable bonds is 7. The van der Waals surface area contributed by atoms with E-state index in [9.17, 15) is 9.90 Å². The molecule has 5 N–H and O–H groups in total. The van der Waals surface area contributed by atoms with Gasteiger partial charge in [-0.15, -0.1) is 0 Å². The Morgan fingerprint density at radius 1 is 1.08 bits per heavy atom. The summed E-state index contributed by atoms with van der Waals surface area (Å²) in [4.78, 5) is 16.2. The molecule has 0 saturated heterocycles. The zero-order valence-corrected chi connectivity index (χ0v) is 15.2. The molecule has 0 saturated carbocycles. The Morgan fingerprint density at radius 2 is 1.69 bits per heavy atom. The van der Waals surface area contributed by atoms with Gasteiger partial charge in [-0.2, -0.15) is 0 Å². The number of carbonyl (C=O) groups excluding carboxylic acids is 1. The molecule has 0 spiro atoms. The molecule has 0 atom stereocenters. The molecule has 2 aromatic rings. The molecule has 0 aliphatic rings. The number of benzene rings is 2. The molecule has 2 aromatic carbocycles. The van der Waals surface area contributed by atoms with Crippen molar-refractivity contribution in [3.05, 3.63) is 59.2 Å². The van der Waals surface area contributed by atoms with E-state index in [1.54, 1.807) is 12.1 Å². The fraction of sp³-hybridized carbons (Fsp3) is 0.300. The summed E-state index contributed by atoms with van der Waals surface area (Å²) >= 11 is 0. The largest absolute Gasteiger partial charge is 0.508 e. The second kappa shape index (κ2) is 9.46. The average molecular weight is 354 g/mol. The topological polar surface area (TPSA) is 99.7 Å². The normalized spacial score (nSPS) is 11.2. The molecule has 0 aromatic heterocycles. The molecule has 2 rings (SSSR count). The first kappa shape index (κ1) is 19.3. The minimum atomic E-state index is -0.212. The van der Waals surface area contributed by atoms with Crippen LogP contribution in [-0.2, 0) is 12.8 Å². The zero-order valence-electron chi connectivity index (χ0n) is 15.2. The average Bonchev–Trinajstić information content (AvgIpc) is 2.65. The number of nitrogens with zero attached hydrogens (tertiary/aromatic N) is 1. The molecular weight excluding hydrogens is 328 g/mol. The van der Waals surface area contributed by atoms with Crippen LogP contribution in [-0.4, -0.2) is 30.1 Å². The van der Waals surface area contributed by atoms with E-state index < -0.39 is 0 Å². The highest BCUT2D eigenvalue weighted by molar-refractivity contribution is 5.95. The monoisotopic (exact) mass is 354 g/mol. The highest BCUT2D eigenvalue weighted by atomic mass is 16.3. The number of hydrogen-bond donors (Lipinski definition) is 4. The van der Waals surface area contributed by atoms with Gasteiger partial charge in [-0.25, -0.2) is 0 Å². The molecular formula is C20H26N4O2. The molecule has 0 fully saturated rings. The van der Waals surface area contributed by atoms with Gasteiger partial charge in [0.05, 0.1) is 6.54 Å². The van der Waals surface area contributed by atoms with Crippen LogP contribution in [0.25, 0.3) is 0 Å². The predicted molar refractivity (Wildman–Crippen MR) is 106 cm³/mol. The Hall–Kier alpha value is -3.02. The zero-order chi connectivity index (χ0) is 18.9. The number of aryl methyl sites for hydroxylation is 2. The van der Waals surface area contributed by atoms with Crippen LogP contribution in [0.5, 0.6) is 5.75 Å². The number of nitrogens with two attached hydrogens (primary N) is 1. The van der Waals surface area contributed by atoms with Gasteiger partial charge in [-0.3, -0.25) is 9.79 Å². The molecule has 0 radical (unpaired) electrons. The number of phenolic OH excluding ortho intramolecular Hbond substituents is 1. The van der Waals surface area contributed by atoms with Crippen molar-refractivity contribution in [2.45, 2.75) is 26.7 Å². The summed E-state index contributed by atoms with van der Waals surface area (Å²) < 4.78 is 0. The van der Waals surface area contributed by atoms with Crippen LogP contribution in [0, 0.1) is 0 Å². The van der Waals surface area contributed by atoms with Crippen molar-refractivity contribution in [2.24, 2.45) is 10.7 Å². The Kier molecular flexibility index (Phi) is 7.02. The SMILES string of the molecule is CCc1cccc(CC)c1NC(N)=NCCNC(=O)c1ccc(O)cc1. The van der Waals surface area contributed by atoms with Gasteiger partial charge < -0.3 is 21.5 Å². The highest BCUT2D eigenvalue weighted by Gasteiger charge is 2.07. The fourth-order valence-electron chi connectivity index (χ4n) is 2.63. The van der Waals surface area contributed by atoms with Crippen molar-refractivity contribution in [3.63, 3.8) is 0 Å². The van der Waals surface area contributed by atoms with Crippen molar-refractivity contribution >= 4 is 17.6 Å². The number of aromatic hydroxyl groups is 1. The lowest BCUT2D eigenvalue weighted by atomic mass is 10.0. The van der Waals surface area contributed by atoms with E-state index in [0.717, 1.165) is 18.5 Å². The second-order valence-electron chi connectivity index (χ2n) is 5.85. The maximum absolute atomic E-state index is 12.0. The summed E-state index contributed by atoms with van der Waals surface area (Å²) in [7, 11) is 0. The third-order valence-electron chi connectivity index (χ3n) is 4.06. The molecule has 138 valence electrons. The van der Waals surface area contributed by atoms with Gasteiger partial charge in [0.15, 0.2) is 5.96 Å². The number of phenols is 1. The van der Waals surface area contributed by atoms with Crippen molar-refractivity contribution in [1.29, 1.82) is 0 Å². The molecule has 0 bridgehead atoms. The summed E-state index contributed by atoms with van der Waals surface area (Å²) in [6, 6.07) is 12.3. The molecule has 0 aliphatic heterocycles. The standard InChI is InChI=1S/C20H26N4O2/c1-3-14-6-5-7-15(4-2)18(14)24-20(21)23-13-12-22-19(26)16-8-10-17(25)11-9-16/h5-11,25H,3-4,12-13H2,1-2H3,(H,22,26)(H3,21,23,24). The van der Waals surface area contributed by atoms with Gasteiger partial charge >= 0.3 is 0 Å². The summed E-state index contributed by atoms with van der Waals surface area (Å²) in [6.45, 7) is 4.95. The van der Waals surface area contributed by atoms with Crippen LogP contribution in [0.15, 0.2) is 47.5 Å². The van der Waals surface area contributed by atoms with Crippen LogP contribution in [0.4, 0.5) is 5.69 Å². The number of amides is 1. The first-order chi connectivity index (χ1) is 12.5. The summed E-state index contributed by atoms with van der Waals surface area (Å²) in [5.74, 6) is 0.250. The Labute approximate surface area is 154 Å².